The van der Waals surface area contributed by atoms with E-state index in [2.05, 4.69) is 66.2 Å². The first-order chi connectivity index (χ1) is 15.0. The van der Waals surface area contributed by atoms with E-state index >= 15 is 0 Å². The van der Waals surface area contributed by atoms with Gasteiger partial charge in [0.15, 0.2) is 0 Å². The van der Waals surface area contributed by atoms with Crippen LogP contribution in [-0.2, 0) is 13.0 Å². The fourth-order valence-corrected chi connectivity index (χ4v) is 3.92. The minimum absolute atomic E-state index is 0.231. The Bertz CT molecular complexity index is 1020. The van der Waals surface area contributed by atoms with Gasteiger partial charge in [0.2, 0.25) is 0 Å². The smallest absolute Gasteiger partial charge is 0.143 e. The van der Waals surface area contributed by atoms with Crippen molar-refractivity contribution in [1.29, 1.82) is 0 Å². The van der Waals surface area contributed by atoms with Gasteiger partial charge in [-0.1, -0.05) is 24.3 Å². The molecule has 4 nitrogen and oxygen atoms in total. The number of benzene rings is 3. The van der Waals surface area contributed by atoms with Crippen molar-refractivity contribution in [3.05, 3.63) is 83.7 Å². The third-order valence-corrected chi connectivity index (χ3v) is 5.81. The number of hydrogen-bond donors (Lipinski definition) is 0. The average molecular weight is 420 g/mol. The van der Waals surface area contributed by atoms with Gasteiger partial charge in [-0.05, 0) is 61.5 Å². The molecule has 0 fully saturated rings. The monoisotopic (exact) mass is 419 g/mol. The third kappa shape index (κ3) is 5.00. The van der Waals surface area contributed by atoms with Gasteiger partial charge in [0.1, 0.15) is 18.2 Å². The van der Waals surface area contributed by atoms with Gasteiger partial charge >= 0.3 is 0 Å². The number of likely N-dealkylation sites (N-methyl/N-ethyl adjacent to an activating group) is 1. The summed E-state index contributed by atoms with van der Waals surface area (Å²) in [4.78, 5) is 6.71. The molecule has 0 saturated heterocycles. The number of ether oxygens (including phenoxy) is 1. The molecule has 0 amide bonds. The molecule has 0 atom stereocenters. The number of rotatable bonds is 7. The van der Waals surface area contributed by atoms with Crippen LogP contribution in [-0.4, -0.2) is 45.7 Å². The molecule has 1 aliphatic heterocycles. The van der Waals surface area contributed by atoms with Crippen LogP contribution in [0.3, 0.4) is 0 Å². The van der Waals surface area contributed by atoms with Crippen LogP contribution in [0.2, 0.25) is 0 Å². The molecule has 1 heterocycles. The first kappa shape index (κ1) is 21.2. The highest BCUT2D eigenvalue weighted by Gasteiger charge is 2.22. The topological polar surface area (TPSA) is 19.0 Å². The predicted octanol–water partition coefficient (Wildman–Crippen LogP) is 5.10. The summed E-state index contributed by atoms with van der Waals surface area (Å²) in [6.07, 6.45) is 1.01. The lowest BCUT2D eigenvalue weighted by Crippen LogP contribution is -2.32. The van der Waals surface area contributed by atoms with Gasteiger partial charge in [0.05, 0.1) is 5.69 Å². The highest BCUT2D eigenvalue weighted by atomic mass is 19.1. The van der Waals surface area contributed by atoms with Crippen molar-refractivity contribution in [2.24, 2.45) is 0 Å². The van der Waals surface area contributed by atoms with Crippen LogP contribution in [0.4, 0.5) is 21.5 Å². The van der Waals surface area contributed by atoms with Gasteiger partial charge in [-0.3, -0.25) is 0 Å². The van der Waals surface area contributed by atoms with E-state index in [0.717, 1.165) is 48.7 Å². The summed E-state index contributed by atoms with van der Waals surface area (Å²) in [6, 6.07) is 21.8. The Balaban J connectivity index is 1.43. The lowest BCUT2D eigenvalue weighted by molar-refractivity contribution is 0.310. The van der Waals surface area contributed by atoms with E-state index in [4.69, 9.17) is 4.74 Å². The van der Waals surface area contributed by atoms with Gasteiger partial charge < -0.3 is 19.4 Å². The van der Waals surface area contributed by atoms with Crippen LogP contribution < -0.4 is 14.5 Å². The summed E-state index contributed by atoms with van der Waals surface area (Å²) in [6.45, 7) is 3.04. The SMILES string of the molecule is CN(CCc1ccc(N(C)C)cc1)CCN1c2ccc(F)cc2COc2ccccc21. The van der Waals surface area contributed by atoms with Crippen LogP contribution in [0.1, 0.15) is 11.1 Å². The molecule has 0 unspecified atom stereocenters. The van der Waals surface area contributed by atoms with E-state index in [1.807, 2.05) is 24.3 Å². The van der Waals surface area contributed by atoms with E-state index < -0.39 is 0 Å². The summed E-state index contributed by atoms with van der Waals surface area (Å²) < 4.78 is 19.8. The van der Waals surface area contributed by atoms with Gasteiger partial charge in [-0.25, -0.2) is 4.39 Å². The fourth-order valence-electron chi connectivity index (χ4n) is 3.92. The van der Waals surface area contributed by atoms with Crippen molar-refractivity contribution in [3.63, 3.8) is 0 Å². The second kappa shape index (κ2) is 9.40. The maximum atomic E-state index is 13.8. The molecular weight excluding hydrogens is 389 g/mol. The van der Waals surface area contributed by atoms with Crippen LogP contribution in [0.15, 0.2) is 66.7 Å². The maximum absolute atomic E-state index is 13.8. The minimum atomic E-state index is -0.231. The van der Waals surface area contributed by atoms with Gasteiger partial charge in [0, 0.05) is 50.7 Å². The molecule has 5 heteroatoms. The molecule has 162 valence electrons. The highest BCUT2D eigenvalue weighted by molar-refractivity contribution is 5.72. The molecule has 3 aromatic rings. The van der Waals surface area contributed by atoms with Crippen LogP contribution in [0.5, 0.6) is 5.75 Å². The number of anilines is 3. The first-order valence-corrected chi connectivity index (χ1v) is 10.7. The molecule has 0 bridgehead atoms. The Kier molecular flexibility index (Phi) is 6.42. The largest absolute Gasteiger partial charge is 0.487 e. The summed E-state index contributed by atoms with van der Waals surface area (Å²) >= 11 is 0. The zero-order valence-corrected chi connectivity index (χ0v) is 18.5. The highest BCUT2D eigenvalue weighted by Crippen LogP contribution is 2.39. The average Bonchev–Trinajstić information content (AvgIpc) is 2.93. The number of nitrogens with zero attached hydrogens (tertiary/aromatic N) is 3. The molecule has 0 N–H and O–H groups in total. The number of para-hydroxylation sites is 2. The summed E-state index contributed by atoms with van der Waals surface area (Å²) in [5.74, 6) is 0.605. The molecule has 0 aliphatic carbocycles. The Hall–Kier alpha value is -3.05. The zero-order valence-electron chi connectivity index (χ0n) is 18.5. The van der Waals surface area contributed by atoms with E-state index in [1.165, 1.54) is 17.3 Å². The van der Waals surface area contributed by atoms with Crippen LogP contribution in [0, 0.1) is 5.82 Å². The van der Waals surface area contributed by atoms with E-state index in [9.17, 15) is 4.39 Å². The van der Waals surface area contributed by atoms with Crippen molar-refractivity contribution in [2.75, 3.05) is 50.6 Å². The number of fused-ring (bicyclic) bond motifs is 2. The lowest BCUT2D eigenvalue weighted by atomic mass is 10.1. The minimum Gasteiger partial charge on any atom is -0.487 e. The molecule has 1 aliphatic rings. The first-order valence-electron chi connectivity index (χ1n) is 10.7. The van der Waals surface area contributed by atoms with Crippen LogP contribution >= 0.6 is 0 Å². The Morgan fingerprint density at radius 2 is 1.68 bits per heavy atom. The molecule has 0 spiro atoms. The van der Waals surface area contributed by atoms with E-state index in [0.29, 0.717) is 6.61 Å². The Morgan fingerprint density at radius 3 is 2.45 bits per heavy atom. The molecular formula is C26H30FN3O. The van der Waals surface area contributed by atoms with Crippen molar-refractivity contribution in [1.82, 2.24) is 4.90 Å². The normalized spacial score (nSPS) is 12.7. The number of hydrogen-bond acceptors (Lipinski definition) is 4. The second-order valence-electron chi connectivity index (χ2n) is 8.30. The van der Waals surface area contributed by atoms with Gasteiger partial charge in [0.25, 0.3) is 0 Å². The number of halogens is 1. The van der Waals surface area contributed by atoms with Gasteiger partial charge in [-0.15, -0.1) is 0 Å². The summed E-state index contributed by atoms with van der Waals surface area (Å²) in [7, 11) is 6.27. The van der Waals surface area contributed by atoms with Crippen molar-refractivity contribution < 1.29 is 9.13 Å². The van der Waals surface area contributed by atoms with Crippen molar-refractivity contribution in [2.45, 2.75) is 13.0 Å². The lowest BCUT2D eigenvalue weighted by Gasteiger charge is -2.28. The zero-order chi connectivity index (χ0) is 21.8. The summed E-state index contributed by atoms with van der Waals surface area (Å²) in [5.41, 5.74) is 5.47. The van der Waals surface area contributed by atoms with Crippen molar-refractivity contribution in [3.8, 4) is 5.75 Å². The summed E-state index contributed by atoms with van der Waals surface area (Å²) in [5, 5.41) is 0. The molecule has 4 rings (SSSR count). The molecule has 0 radical (unpaired) electrons. The third-order valence-electron chi connectivity index (χ3n) is 5.81. The molecule has 0 aromatic heterocycles. The molecule has 0 saturated carbocycles. The fraction of sp³-hybridized carbons (Fsp3) is 0.308. The second-order valence-corrected chi connectivity index (χ2v) is 8.30. The van der Waals surface area contributed by atoms with E-state index in [1.54, 1.807) is 6.07 Å². The standard InChI is InChI=1S/C26H30FN3O/c1-28(2)23-11-8-20(9-12-23)14-15-29(3)16-17-30-24-13-10-22(27)18-21(24)19-31-26-7-5-4-6-25(26)30/h4-13,18H,14-17,19H2,1-3H3. The molecule has 3 aromatic carbocycles. The molecule has 31 heavy (non-hydrogen) atoms. The Morgan fingerprint density at radius 1 is 0.903 bits per heavy atom. The van der Waals surface area contributed by atoms with E-state index in [-0.39, 0.29) is 5.82 Å². The Labute approximate surface area is 184 Å². The van der Waals surface area contributed by atoms with Crippen LogP contribution in [0.25, 0.3) is 0 Å². The predicted molar refractivity (Wildman–Crippen MR) is 126 cm³/mol. The maximum Gasteiger partial charge on any atom is 0.143 e. The van der Waals surface area contributed by atoms with Gasteiger partial charge in [-0.2, -0.15) is 0 Å². The quantitative estimate of drug-likeness (QED) is 0.531. The van der Waals surface area contributed by atoms with Crippen molar-refractivity contribution >= 4 is 17.1 Å².